The molecule has 3 heterocycles. The first-order valence-corrected chi connectivity index (χ1v) is 14.0. The van der Waals surface area contributed by atoms with Crippen LogP contribution in [-0.4, -0.2) is 63.0 Å². The Morgan fingerprint density at radius 3 is 0.946 bits per heavy atom. The SMILES string of the molecule is Cc1ccnc2cccc([Se-])c12.Cc1ccnc2cccc([Se-])c12.Cc1ccnc2cccc([Se-])c12.[Ru+3]. The van der Waals surface area contributed by atoms with Crippen molar-refractivity contribution in [1.82, 2.24) is 15.0 Å². The smallest absolute Gasteiger partial charge is 3.00 e. The molecule has 7 heteroatoms. The molecule has 185 valence electrons. The van der Waals surface area contributed by atoms with E-state index in [9.17, 15) is 0 Å². The van der Waals surface area contributed by atoms with Crippen molar-refractivity contribution < 1.29 is 19.5 Å². The molecule has 0 fully saturated rings. The number of benzene rings is 3. The molecule has 0 bridgehead atoms. The molecule has 1 radical (unpaired) electrons. The fraction of sp³-hybridized carbons (Fsp3) is 0.100. The third-order valence-electron chi connectivity index (χ3n) is 5.81. The number of pyridine rings is 3. The van der Waals surface area contributed by atoms with Crippen LogP contribution in [0.3, 0.4) is 0 Å². The summed E-state index contributed by atoms with van der Waals surface area (Å²) in [5.74, 6) is 0. The topological polar surface area (TPSA) is 38.7 Å². The van der Waals surface area contributed by atoms with E-state index in [-0.39, 0.29) is 19.5 Å². The maximum absolute atomic E-state index is 4.28. The van der Waals surface area contributed by atoms with Gasteiger partial charge >= 0.3 is 257 Å². The molecule has 37 heavy (non-hydrogen) atoms. The zero-order chi connectivity index (χ0) is 25.7. The molecule has 3 nitrogen and oxygen atoms in total. The van der Waals surface area contributed by atoms with Crippen molar-refractivity contribution in [3.05, 3.63) is 108 Å². The maximum atomic E-state index is 4.28. The summed E-state index contributed by atoms with van der Waals surface area (Å²) in [7, 11) is 0. The summed E-state index contributed by atoms with van der Waals surface area (Å²) in [6.45, 7) is 6.31. The van der Waals surface area contributed by atoms with Crippen LogP contribution in [-0.2, 0) is 19.5 Å². The quantitative estimate of drug-likeness (QED) is 0.220. The Morgan fingerprint density at radius 1 is 0.432 bits per heavy atom. The van der Waals surface area contributed by atoms with Crippen molar-refractivity contribution >= 4 is 94.1 Å². The van der Waals surface area contributed by atoms with Crippen LogP contribution in [0.5, 0.6) is 0 Å². The molecule has 0 unspecified atom stereocenters. The minimum Gasteiger partial charge on any atom is 3.00 e. The normalized spacial score (nSPS) is 10.1. The summed E-state index contributed by atoms with van der Waals surface area (Å²) in [6.07, 6.45) is 5.53. The molecule has 0 saturated heterocycles. The van der Waals surface area contributed by atoms with Gasteiger partial charge in [0.05, 0.1) is 0 Å². The van der Waals surface area contributed by atoms with Gasteiger partial charge in [0.2, 0.25) is 0 Å². The Bertz CT molecular complexity index is 1360. The summed E-state index contributed by atoms with van der Waals surface area (Å²) in [6, 6.07) is 24.4. The summed E-state index contributed by atoms with van der Waals surface area (Å²) in [5, 5.41) is 3.71. The van der Waals surface area contributed by atoms with E-state index in [0.29, 0.717) is 0 Å². The number of fused-ring (bicyclic) bond motifs is 3. The van der Waals surface area contributed by atoms with Gasteiger partial charge in [-0.25, -0.2) is 0 Å². The van der Waals surface area contributed by atoms with Gasteiger partial charge in [0.25, 0.3) is 0 Å². The first-order valence-electron chi connectivity index (χ1n) is 11.4. The van der Waals surface area contributed by atoms with E-state index in [1.54, 1.807) is 0 Å². The van der Waals surface area contributed by atoms with Gasteiger partial charge in [-0.2, -0.15) is 0 Å². The van der Waals surface area contributed by atoms with E-state index in [0.717, 1.165) is 16.6 Å². The summed E-state index contributed by atoms with van der Waals surface area (Å²) in [4.78, 5) is 12.8. The predicted octanol–water partition coefficient (Wildman–Crippen LogP) is 4.01. The number of rotatable bonds is 0. The molecule has 0 atom stereocenters. The van der Waals surface area contributed by atoms with E-state index in [1.807, 2.05) is 73.2 Å². The molecular formula is C30H24N3RuSe3. The van der Waals surface area contributed by atoms with Gasteiger partial charge in [-0.15, -0.1) is 0 Å². The molecule has 0 aliphatic carbocycles. The number of aryl methyl sites for hydroxylation is 3. The first-order chi connectivity index (χ1) is 17.4. The van der Waals surface area contributed by atoms with Crippen LogP contribution in [0.1, 0.15) is 16.7 Å². The third kappa shape index (κ3) is 7.14. The van der Waals surface area contributed by atoms with Crippen molar-refractivity contribution in [2.24, 2.45) is 0 Å². The molecule has 0 saturated carbocycles. The minimum absolute atomic E-state index is 0. The average molecular weight is 764 g/mol. The van der Waals surface area contributed by atoms with Gasteiger partial charge in [0.15, 0.2) is 0 Å². The molecule has 6 rings (SSSR count). The molecule has 0 aliphatic heterocycles. The molecule has 0 N–H and O–H groups in total. The second-order valence-corrected chi connectivity index (χ2v) is 11.1. The zero-order valence-corrected chi connectivity index (χ0v) is 27.5. The maximum Gasteiger partial charge on any atom is 3.00 e. The molecule has 3 aromatic heterocycles. The molecule has 3 aromatic carbocycles. The predicted molar refractivity (Wildman–Crippen MR) is 156 cm³/mol. The van der Waals surface area contributed by atoms with Crippen LogP contribution < -0.4 is 13.4 Å². The van der Waals surface area contributed by atoms with E-state index < -0.39 is 0 Å². The van der Waals surface area contributed by atoms with Gasteiger partial charge in [-0.1, -0.05) is 0 Å². The van der Waals surface area contributed by atoms with Gasteiger partial charge in [0.1, 0.15) is 0 Å². The van der Waals surface area contributed by atoms with Crippen LogP contribution in [0.15, 0.2) is 91.4 Å². The fourth-order valence-corrected chi connectivity index (χ4v) is 6.17. The van der Waals surface area contributed by atoms with Crippen LogP contribution in [0.4, 0.5) is 0 Å². The Morgan fingerprint density at radius 2 is 0.703 bits per heavy atom. The van der Waals surface area contributed by atoms with Crippen LogP contribution in [0.2, 0.25) is 0 Å². The van der Waals surface area contributed by atoms with E-state index >= 15 is 0 Å². The van der Waals surface area contributed by atoms with Crippen LogP contribution in [0.25, 0.3) is 32.7 Å². The Labute approximate surface area is 255 Å². The molecule has 0 aliphatic rings. The Kier molecular flexibility index (Phi) is 11.0. The van der Waals surface area contributed by atoms with E-state index in [4.69, 9.17) is 0 Å². The van der Waals surface area contributed by atoms with Crippen molar-refractivity contribution in [2.45, 2.75) is 20.8 Å². The third-order valence-corrected chi connectivity index (χ3v) is 7.95. The number of aromatic nitrogens is 3. The number of hydrogen-bond donors (Lipinski definition) is 0. The van der Waals surface area contributed by atoms with Gasteiger partial charge in [-0.05, 0) is 0 Å². The number of hydrogen-bond acceptors (Lipinski definition) is 3. The minimum atomic E-state index is 0. The second-order valence-electron chi connectivity index (χ2n) is 8.33. The van der Waals surface area contributed by atoms with E-state index in [1.165, 1.54) is 46.2 Å². The van der Waals surface area contributed by atoms with Gasteiger partial charge in [-0.3, -0.25) is 0 Å². The summed E-state index contributed by atoms with van der Waals surface area (Å²) < 4.78 is 3.54. The Hall–Kier alpha value is -1.93. The monoisotopic (exact) mass is 768 g/mol. The molecule has 6 aromatic rings. The summed E-state index contributed by atoms with van der Waals surface area (Å²) in [5.41, 5.74) is 7.00. The van der Waals surface area contributed by atoms with Crippen molar-refractivity contribution in [3.63, 3.8) is 0 Å². The van der Waals surface area contributed by atoms with Crippen LogP contribution in [0, 0.1) is 20.8 Å². The van der Waals surface area contributed by atoms with Gasteiger partial charge < -0.3 is 0 Å². The molecule has 0 amide bonds. The molecular weight excluding hydrogens is 740 g/mol. The van der Waals surface area contributed by atoms with Gasteiger partial charge in [0, 0.05) is 0 Å². The average Bonchev–Trinajstić information content (AvgIpc) is 2.85. The van der Waals surface area contributed by atoms with Crippen molar-refractivity contribution in [3.8, 4) is 0 Å². The largest absolute Gasteiger partial charge is 3.00 e. The zero-order valence-electron chi connectivity index (χ0n) is 20.6. The molecule has 0 spiro atoms. The van der Waals surface area contributed by atoms with Crippen LogP contribution >= 0.6 is 0 Å². The van der Waals surface area contributed by atoms with Crippen molar-refractivity contribution in [1.29, 1.82) is 0 Å². The van der Waals surface area contributed by atoms with Crippen molar-refractivity contribution in [2.75, 3.05) is 0 Å². The summed E-state index contributed by atoms with van der Waals surface area (Å²) >= 11 is 9.14. The van der Waals surface area contributed by atoms with E-state index in [2.05, 4.69) is 102 Å². The second kappa shape index (κ2) is 13.7. The fourth-order valence-electron chi connectivity index (χ4n) is 4.01. The standard InChI is InChI=1S/3C10H9NSe.Ru/c3*1-7-5-6-11-8-3-2-4-9(12)10(7)8;/h3*2-6,12H,1H3;/q;;;+3/p-3. The Balaban J connectivity index is 0.000000152. The number of nitrogens with zero attached hydrogens (tertiary/aromatic N) is 3. The first kappa shape index (κ1) is 29.6.